The van der Waals surface area contributed by atoms with E-state index >= 15 is 0 Å². The lowest BCUT2D eigenvalue weighted by molar-refractivity contribution is 0.408. The van der Waals surface area contributed by atoms with Crippen LogP contribution >= 0.6 is 15.9 Å². The van der Waals surface area contributed by atoms with Gasteiger partial charge in [-0.3, -0.25) is 9.67 Å². The fraction of sp³-hybridized carbons (Fsp3) is 0.375. The molecule has 0 saturated heterocycles. The molecule has 1 heterocycles. The van der Waals surface area contributed by atoms with Gasteiger partial charge >= 0.3 is 0 Å². The van der Waals surface area contributed by atoms with E-state index in [9.17, 15) is 0 Å². The molecule has 6 nitrogen and oxygen atoms in total. The van der Waals surface area contributed by atoms with E-state index in [-0.39, 0.29) is 0 Å². The summed E-state index contributed by atoms with van der Waals surface area (Å²) in [4.78, 5) is 6.39. The third kappa shape index (κ3) is 4.72. The second kappa shape index (κ2) is 8.01. The van der Waals surface area contributed by atoms with Gasteiger partial charge in [-0.15, -0.1) is 0 Å². The molecule has 0 saturated carbocycles. The summed E-state index contributed by atoms with van der Waals surface area (Å²) in [5.41, 5.74) is 2.20. The molecule has 0 bridgehead atoms. The second-order valence-corrected chi connectivity index (χ2v) is 6.15. The van der Waals surface area contributed by atoms with Gasteiger partial charge < -0.3 is 15.0 Å². The lowest BCUT2D eigenvalue weighted by Gasteiger charge is -2.22. The van der Waals surface area contributed by atoms with Gasteiger partial charge in [0.1, 0.15) is 5.75 Å². The van der Waals surface area contributed by atoms with Crippen LogP contribution in [0, 0.1) is 0 Å². The number of aliphatic imine (C=N–C) groups is 1. The summed E-state index contributed by atoms with van der Waals surface area (Å²) in [6.45, 7) is 1.37. The van der Waals surface area contributed by atoms with E-state index in [4.69, 9.17) is 4.74 Å². The zero-order valence-electron chi connectivity index (χ0n) is 13.9. The highest BCUT2D eigenvalue weighted by Crippen LogP contribution is 2.22. The Morgan fingerprint density at radius 2 is 2.26 bits per heavy atom. The third-order valence-corrected chi connectivity index (χ3v) is 3.92. The number of methoxy groups -OCH3 is 1. The van der Waals surface area contributed by atoms with Crippen LogP contribution in [-0.2, 0) is 20.1 Å². The minimum Gasteiger partial charge on any atom is -0.496 e. The fourth-order valence-corrected chi connectivity index (χ4v) is 2.76. The maximum Gasteiger partial charge on any atom is 0.193 e. The number of nitrogens with one attached hydrogen (secondary N) is 1. The molecule has 0 atom stereocenters. The predicted octanol–water partition coefficient (Wildman–Crippen LogP) is 2.40. The maximum absolute atomic E-state index is 5.40. The number of rotatable bonds is 5. The van der Waals surface area contributed by atoms with Crippen molar-refractivity contribution < 1.29 is 4.74 Å². The Labute approximate surface area is 145 Å². The van der Waals surface area contributed by atoms with E-state index in [1.54, 1.807) is 18.8 Å². The Hall–Kier alpha value is -2.02. The van der Waals surface area contributed by atoms with Gasteiger partial charge in [0.2, 0.25) is 0 Å². The van der Waals surface area contributed by atoms with Crippen LogP contribution in [0.5, 0.6) is 5.75 Å². The van der Waals surface area contributed by atoms with Crippen molar-refractivity contribution in [3.63, 3.8) is 0 Å². The number of halogens is 1. The first-order valence-electron chi connectivity index (χ1n) is 7.25. The number of guanidine groups is 1. The number of hydrogen-bond donors (Lipinski definition) is 1. The van der Waals surface area contributed by atoms with Gasteiger partial charge in [0, 0.05) is 56.0 Å². The molecule has 0 unspecified atom stereocenters. The molecule has 23 heavy (non-hydrogen) atoms. The van der Waals surface area contributed by atoms with E-state index in [0.717, 1.165) is 33.9 Å². The van der Waals surface area contributed by atoms with Crippen LogP contribution < -0.4 is 10.1 Å². The lowest BCUT2D eigenvalue weighted by atomic mass is 10.2. The van der Waals surface area contributed by atoms with Crippen LogP contribution in [0.1, 0.15) is 11.1 Å². The highest BCUT2D eigenvalue weighted by Gasteiger charge is 2.10. The molecule has 7 heteroatoms. The number of aromatic nitrogens is 2. The van der Waals surface area contributed by atoms with Gasteiger partial charge in [-0.05, 0) is 18.2 Å². The molecule has 2 aromatic rings. The molecule has 0 spiro atoms. The average Bonchev–Trinajstić information content (AvgIpc) is 2.93. The molecule has 0 aliphatic heterocycles. The molecular weight excluding hydrogens is 358 g/mol. The number of ether oxygens (including phenoxy) is 1. The van der Waals surface area contributed by atoms with Crippen LogP contribution in [-0.4, -0.2) is 41.8 Å². The molecule has 124 valence electrons. The highest BCUT2D eigenvalue weighted by atomic mass is 79.9. The molecule has 0 fully saturated rings. The predicted molar refractivity (Wildman–Crippen MR) is 95.6 cm³/mol. The van der Waals surface area contributed by atoms with E-state index in [1.165, 1.54) is 0 Å². The van der Waals surface area contributed by atoms with E-state index < -0.39 is 0 Å². The van der Waals surface area contributed by atoms with Gasteiger partial charge in [-0.2, -0.15) is 5.10 Å². The minimum absolute atomic E-state index is 0.632. The van der Waals surface area contributed by atoms with Crippen molar-refractivity contribution in [3.8, 4) is 5.75 Å². The monoisotopic (exact) mass is 379 g/mol. The molecular formula is C16H22BrN5O. The largest absolute Gasteiger partial charge is 0.496 e. The Morgan fingerprint density at radius 1 is 1.48 bits per heavy atom. The molecule has 0 amide bonds. The van der Waals surface area contributed by atoms with Crippen molar-refractivity contribution in [2.24, 2.45) is 12.0 Å². The second-order valence-electron chi connectivity index (χ2n) is 5.24. The number of benzene rings is 1. The smallest absolute Gasteiger partial charge is 0.193 e. The quantitative estimate of drug-likeness (QED) is 0.640. The number of hydrogen-bond acceptors (Lipinski definition) is 3. The standard InChI is InChI=1S/C16H22BrN5O/c1-18-16(21(2)10-12-8-20-22(3)11-12)19-9-13-7-14(17)5-6-15(13)23-4/h5-8,11H,9-10H2,1-4H3,(H,18,19). The normalized spacial score (nSPS) is 11.4. The summed E-state index contributed by atoms with van der Waals surface area (Å²) >= 11 is 3.49. The Kier molecular flexibility index (Phi) is 6.04. The van der Waals surface area contributed by atoms with Crippen molar-refractivity contribution in [3.05, 3.63) is 46.2 Å². The first-order valence-corrected chi connectivity index (χ1v) is 8.04. The van der Waals surface area contributed by atoms with Crippen LogP contribution in [0.15, 0.2) is 40.1 Å². The Morgan fingerprint density at radius 3 is 2.87 bits per heavy atom. The summed E-state index contributed by atoms with van der Waals surface area (Å²) in [7, 11) is 7.37. The van der Waals surface area contributed by atoms with E-state index in [1.807, 2.05) is 44.7 Å². The lowest BCUT2D eigenvalue weighted by Crippen LogP contribution is -2.38. The topological polar surface area (TPSA) is 54.7 Å². The highest BCUT2D eigenvalue weighted by molar-refractivity contribution is 9.10. The van der Waals surface area contributed by atoms with E-state index in [2.05, 4.69) is 36.2 Å². The van der Waals surface area contributed by atoms with Crippen LogP contribution in [0.3, 0.4) is 0 Å². The molecule has 1 N–H and O–H groups in total. The summed E-state index contributed by atoms with van der Waals surface area (Å²) < 4.78 is 8.22. The van der Waals surface area contributed by atoms with Gasteiger partial charge in [0.15, 0.2) is 5.96 Å². The van der Waals surface area contributed by atoms with Crippen molar-refractivity contribution in [2.45, 2.75) is 13.1 Å². The van der Waals surface area contributed by atoms with Crippen LogP contribution in [0.4, 0.5) is 0 Å². The summed E-state index contributed by atoms with van der Waals surface area (Å²) in [6, 6.07) is 5.95. The number of aryl methyl sites for hydroxylation is 1. The van der Waals surface area contributed by atoms with E-state index in [0.29, 0.717) is 6.54 Å². The van der Waals surface area contributed by atoms with Crippen molar-refractivity contribution in [2.75, 3.05) is 21.2 Å². The van der Waals surface area contributed by atoms with Gasteiger partial charge in [-0.1, -0.05) is 15.9 Å². The molecule has 0 aliphatic carbocycles. The Bertz CT molecular complexity index is 683. The van der Waals surface area contributed by atoms with Gasteiger partial charge in [-0.25, -0.2) is 0 Å². The van der Waals surface area contributed by atoms with Gasteiger partial charge in [0.05, 0.1) is 13.3 Å². The SMILES string of the molecule is CN=C(NCc1cc(Br)ccc1OC)N(C)Cc1cnn(C)c1. The molecule has 0 radical (unpaired) electrons. The molecule has 1 aromatic carbocycles. The van der Waals surface area contributed by atoms with Crippen molar-refractivity contribution in [1.82, 2.24) is 20.0 Å². The van der Waals surface area contributed by atoms with Gasteiger partial charge in [0.25, 0.3) is 0 Å². The Balaban J connectivity index is 2.01. The van der Waals surface area contributed by atoms with Crippen LogP contribution in [0.2, 0.25) is 0 Å². The molecule has 2 rings (SSSR count). The first kappa shape index (κ1) is 17.3. The number of nitrogens with zero attached hydrogens (tertiary/aromatic N) is 4. The zero-order valence-corrected chi connectivity index (χ0v) is 15.5. The summed E-state index contributed by atoms with van der Waals surface area (Å²) in [5.74, 6) is 1.67. The first-order chi connectivity index (χ1) is 11.0. The maximum atomic E-state index is 5.40. The fourth-order valence-electron chi connectivity index (χ4n) is 2.35. The van der Waals surface area contributed by atoms with Crippen molar-refractivity contribution >= 4 is 21.9 Å². The molecule has 1 aromatic heterocycles. The summed E-state index contributed by atoms with van der Waals surface area (Å²) in [5, 5.41) is 7.55. The minimum atomic E-state index is 0.632. The van der Waals surface area contributed by atoms with Crippen molar-refractivity contribution in [1.29, 1.82) is 0 Å². The molecule has 0 aliphatic rings. The third-order valence-electron chi connectivity index (χ3n) is 3.43. The summed E-state index contributed by atoms with van der Waals surface area (Å²) in [6.07, 6.45) is 3.86. The average molecular weight is 380 g/mol. The zero-order chi connectivity index (χ0) is 16.8. The van der Waals surface area contributed by atoms with Crippen LogP contribution in [0.25, 0.3) is 0 Å².